The molecule has 0 fully saturated rings. The van der Waals surface area contributed by atoms with Gasteiger partial charge in [0.25, 0.3) is 0 Å². The molecule has 21 heavy (non-hydrogen) atoms. The van der Waals surface area contributed by atoms with Gasteiger partial charge >= 0.3 is 6.18 Å². The first-order chi connectivity index (χ1) is 9.98. The summed E-state index contributed by atoms with van der Waals surface area (Å²) in [5.74, 6) is 0. The molecule has 3 rings (SSSR count). The lowest BCUT2D eigenvalue weighted by Gasteiger charge is -2.17. The zero-order valence-corrected chi connectivity index (χ0v) is 10.7. The molecule has 0 bridgehead atoms. The quantitative estimate of drug-likeness (QED) is 0.790. The Morgan fingerprint density at radius 2 is 1.90 bits per heavy atom. The first-order valence-electron chi connectivity index (χ1n) is 6.17. The summed E-state index contributed by atoms with van der Waals surface area (Å²) in [5, 5.41) is 4.09. The second kappa shape index (κ2) is 4.85. The average molecular weight is 292 g/mol. The summed E-state index contributed by atoms with van der Waals surface area (Å²) < 4.78 is 40.7. The van der Waals surface area contributed by atoms with E-state index in [4.69, 9.17) is 5.73 Å². The maximum absolute atomic E-state index is 13.1. The van der Waals surface area contributed by atoms with Crippen molar-refractivity contribution in [3.8, 4) is 0 Å². The fraction of sp³-hybridized carbons (Fsp3) is 0.143. The highest BCUT2D eigenvalue weighted by Crippen LogP contribution is 2.35. The van der Waals surface area contributed by atoms with Crippen molar-refractivity contribution in [2.75, 3.05) is 0 Å². The molecule has 0 saturated heterocycles. The molecule has 3 aromatic heterocycles. The van der Waals surface area contributed by atoms with Crippen molar-refractivity contribution in [3.63, 3.8) is 0 Å². The molecule has 2 N–H and O–H groups in total. The van der Waals surface area contributed by atoms with Crippen LogP contribution < -0.4 is 5.73 Å². The summed E-state index contributed by atoms with van der Waals surface area (Å²) in [6.45, 7) is 0. The van der Waals surface area contributed by atoms with Gasteiger partial charge in [-0.15, -0.1) is 0 Å². The van der Waals surface area contributed by atoms with E-state index in [2.05, 4.69) is 10.1 Å². The van der Waals surface area contributed by atoms with Gasteiger partial charge in [0.15, 0.2) is 0 Å². The molecule has 3 aromatic rings. The third-order valence-electron chi connectivity index (χ3n) is 3.28. The van der Waals surface area contributed by atoms with Crippen molar-refractivity contribution < 1.29 is 13.2 Å². The molecule has 0 radical (unpaired) electrons. The van der Waals surface area contributed by atoms with E-state index in [9.17, 15) is 13.2 Å². The van der Waals surface area contributed by atoms with Crippen molar-refractivity contribution in [1.82, 2.24) is 14.6 Å². The number of nitrogens with two attached hydrogens (primary N) is 1. The smallest absolute Gasteiger partial charge is 0.320 e. The largest absolute Gasteiger partial charge is 0.416 e. The lowest BCUT2D eigenvalue weighted by Crippen LogP contribution is -2.18. The SMILES string of the molecule is NC(c1cnccc1C(F)(F)F)c1cnn2ccccc12. The van der Waals surface area contributed by atoms with E-state index >= 15 is 0 Å². The van der Waals surface area contributed by atoms with E-state index in [0.717, 1.165) is 18.5 Å². The molecule has 108 valence electrons. The summed E-state index contributed by atoms with van der Waals surface area (Å²) in [5.41, 5.74) is 6.38. The Balaban J connectivity index is 2.13. The van der Waals surface area contributed by atoms with Gasteiger partial charge < -0.3 is 5.73 Å². The monoisotopic (exact) mass is 292 g/mol. The molecule has 7 heteroatoms. The van der Waals surface area contributed by atoms with Gasteiger partial charge in [-0.3, -0.25) is 4.98 Å². The van der Waals surface area contributed by atoms with Gasteiger partial charge in [-0.25, -0.2) is 4.52 Å². The molecular formula is C14H11F3N4. The molecule has 0 amide bonds. The Morgan fingerprint density at radius 3 is 2.67 bits per heavy atom. The highest BCUT2D eigenvalue weighted by atomic mass is 19.4. The molecule has 4 nitrogen and oxygen atoms in total. The van der Waals surface area contributed by atoms with Crippen LogP contribution in [-0.4, -0.2) is 14.6 Å². The minimum atomic E-state index is -4.47. The lowest BCUT2D eigenvalue weighted by molar-refractivity contribution is -0.138. The van der Waals surface area contributed by atoms with E-state index in [1.54, 1.807) is 28.9 Å². The number of rotatable bonds is 2. The highest BCUT2D eigenvalue weighted by molar-refractivity contribution is 5.57. The lowest BCUT2D eigenvalue weighted by atomic mass is 9.97. The van der Waals surface area contributed by atoms with E-state index in [1.165, 1.54) is 6.20 Å². The molecule has 0 spiro atoms. The van der Waals surface area contributed by atoms with Gasteiger partial charge in [0.2, 0.25) is 0 Å². The molecule has 1 unspecified atom stereocenters. The molecular weight excluding hydrogens is 281 g/mol. The van der Waals surface area contributed by atoms with Gasteiger partial charge in [-0.2, -0.15) is 18.3 Å². The molecule has 0 aliphatic rings. The normalized spacial score (nSPS) is 13.5. The molecule has 1 atom stereocenters. The summed E-state index contributed by atoms with van der Waals surface area (Å²) in [7, 11) is 0. The predicted molar refractivity (Wildman–Crippen MR) is 70.5 cm³/mol. The second-order valence-electron chi connectivity index (χ2n) is 4.57. The maximum Gasteiger partial charge on any atom is 0.416 e. The maximum atomic E-state index is 13.1. The number of fused-ring (bicyclic) bond motifs is 1. The topological polar surface area (TPSA) is 56.2 Å². The average Bonchev–Trinajstić information content (AvgIpc) is 2.89. The van der Waals surface area contributed by atoms with Gasteiger partial charge in [-0.1, -0.05) is 6.07 Å². The third kappa shape index (κ3) is 2.36. The van der Waals surface area contributed by atoms with Gasteiger partial charge in [-0.05, 0) is 18.2 Å². The fourth-order valence-electron chi connectivity index (χ4n) is 2.27. The first-order valence-corrected chi connectivity index (χ1v) is 6.17. The standard InChI is InChI=1S/C14H11F3N4/c15-14(16,17)11-4-5-19-7-9(11)13(18)10-8-20-21-6-2-1-3-12(10)21/h1-8,13H,18H2. The predicted octanol–water partition coefficient (Wildman–Crippen LogP) is 2.80. The number of hydrogen-bond donors (Lipinski definition) is 1. The van der Waals surface area contributed by atoms with Crippen molar-refractivity contribution in [2.45, 2.75) is 12.2 Å². The van der Waals surface area contributed by atoms with Crippen LogP contribution in [0.1, 0.15) is 22.7 Å². The summed E-state index contributed by atoms with van der Waals surface area (Å²) in [6, 6.07) is 5.30. The van der Waals surface area contributed by atoms with Crippen molar-refractivity contribution in [1.29, 1.82) is 0 Å². The van der Waals surface area contributed by atoms with Crippen molar-refractivity contribution in [3.05, 3.63) is 65.7 Å². The van der Waals surface area contributed by atoms with Gasteiger partial charge in [0, 0.05) is 29.7 Å². The Hall–Kier alpha value is -2.41. The van der Waals surface area contributed by atoms with Crippen molar-refractivity contribution in [2.24, 2.45) is 5.73 Å². The summed E-state index contributed by atoms with van der Waals surface area (Å²) in [4.78, 5) is 3.76. The number of aromatic nitrogens is 3. The Labute approximate surface area is 118 Å². The number of pyridine rings is 2. The molecule has 0 aromatic carbocycles. The van der Waals surface area contributed by atoms with E-state index < -0.39 is 17.8 Å². The van der Waals surface area contributed by atoms with E-state index in [0.29, 0.717) is 11.1 Å². The molecule has 3 heterocycles. The highest BCUT2D eigenvalue weighted by Gasteiger charge is 2.35. The fourth-order valence-corrected chi connectivity index (χ4v) is 2.27. The minimum Gasteiger partial charge on any atom is -0.320 e. The van der Waals surface area contributed by atoms with Crippen LogP contribution in [0, 0.1) is 0 Å². The Bertz CT molecular complexity index is 779. The third-order valence-corrected chi connectivity index (χ3v) is 3.28. The van der Waals surface area contributed by atoms with E-state index in [-0.39, 0.29) is 5.56 Å². The zero-order valence-electron chi connectivity index (χ0n) is 10.7. The molecule has 0 saturated carbocycles. The van der Waals surface area contributed by atoms with Crippen molar-refractivity contribution >= 4 is 5.52 Å². The van der Waals surface area contributed by atoms with Crippen LogP contribution in [0.25, 0.3) is 5.52 Å². The van der Waals surface area contributed by atoms with Crippen LogP contribution in [0.15, 0.2) is 49.1 Å². The number of hydrogen-bond acceptors (Lipinski definition) is 3. The Morgan fingerprint density at radius 1 is 1.10 bits per heavy atom. The number of halogens is 3. The zero-order chi connectivity index (χ0) is 15.0. The second-order valence-corrected chi connectivity index (χ2v) is 4.57. The van der Waals surface area contributed by atoms with Gasteiger partial charge in [0.1, 0.15) is 0 Å². The van der Waals surface area contributed by atoms with Crippen LogP contribution in [0.3, 0.4) is 0 Å². The van der Waals surface area contributed by atoms with Crippen LogP contribution in [0.2, 0.25) is 0 Å². The number of nitrogens with zero attached hydrogens (tertiary/aromatic N) is 3. The first kappa shape index (κ1) is 13.6. The van der Waals surface area contributed by atoms with Gasteiger partial charge in [0.05, 0.1) is 23.3 Å². The van der Waals surface area contributed by atoms with Crippen LogP contribution >= 0.6 is 0 Å². The van der Waals surface area contributed by atoms with Crippen LogP contribution in [0.5, 0.6) is 0 Å². The number of alkyl halides is 3. The van der Waals surface area contributed by atoms with Crippen LogP contribution in [0.4, 0.5) is 13.2 Å². The summed E-state index contributed by atoms with van der Waals surface area (Å²) in [6.07, 6.45) is 0.973. The minimum absolute atomic E-state index is 0.0660. The van der Waals surface area contributed by atoms with E-state index in [1.807, 2.05) is 0 Å². The molecule has 0 aliphatic carbocycles. The van der Waals surface area contributed by atoms with Crippen LogP contribution in [-0.2, 0) is 6.18 Å². The molecule has 0 aliphatic heterocycles. The summed E-state index contributed by atoms with van der Waals surface area (Å²) >= 11 is 0. The Kier molecular flexibility index (Phi) is 3.13.